The van der Waals surface area contributed by atoms with E-state index >= 15 is 0 Å². The zero-order chi connectivity index (χ0) is 22.6. The highest BCUT2D eigenvalue weighted by Gasteiger charge is 2.34. The number of hydrogen-bond donors (Lipinski definition) is 2. The van der Waals surface area contributed by atoms with Crippen LogP contribution in [0.4, 0.5) is 19.0 Å². The van der Waals surface area contributed by atoms with Crippen LogP contribution in [-0.4, -0.2) is 28.2 Å². The first-order valence-corrected chi connectivity index (χ1v) is 10.2. The Hall–Kier alpha value is -2.82. The molecule has 1 aromatic carbocycles. The monoisotopic (exact) mass is 468 g/mol. The molecule has 3 aromatic rings. The summed E-state index contributed by atoms with van der Waals surface area (Å²) < 4.78 is 38.9. The van der Waals surface area contributed by atoms with Crippen molar-refractivity contribution in [1.29, 1.82) is 0 Å². The summed E-state index contributed by atoms with van der Waals surface area (Å²) in [6.07, 6.45) is -2.53. The van der Waals surface area contributed by atoms with Gasteiger partial charge in [0.15, 0.2) is 5.78 Å². The molecule has 1 unspecified atom stereocenters. The molecule has 1 atom stereocenters. The molecule has 0 spiro atoms. The predicted octanol–water partition coefficient (Wildman–Crippen LogP) is 5.00. The second-order valence-electron chi connectivity index (χ2n) is 6.46. The van der Waals surface area contributed by atoms with Crippen LogP contribution < -0.4 is 10.6 Å². The van der Waals surface area contributed by atoms with Gasteiger partial charge in [0.25, 0.3) is 5.91 Å². The summed E-state index contributed by atoms with van der Waals surface area (Å²) in [5.41, 5.74) is -0.513. The summed E-state index contributed by atoms with van der Waals surface area (Å²) in [4.78, 5) is 32.6. The average Bonchev–Trinajstić information content (AvgIpc) is 3.23. The second-order valence-corrected chi connectivity index (χ2v) is 7.93. The number of benzene rings is 1. The summed E-state index contributed by atoms with van der Waals surface area (Å²) >= 11 is 6.59. The van der Waals surface area contributed by atoms with E-state index in [4.69, 9.17) is 11.6 Å². The molecule has 0 aliphatic carbocycles. The molecule has 0 fully saturated rings. The van der Waals surface area contributed by atoms with Crippen LogP contribution in [0.3, 0.4) is 0 Å². The van der Waals surface area contributed by atoms with E-state index in [0.29, 0.717) is 16.6 Å². The Morgan fingerprint density at radius 2 is 1.87 bits per heavy atom. The topological polar surface area (TPSA) is 84.0 Å². The van der Waals surface area contributed by atoms with Gasteiger partial charge in [-0.3, -0.25) is 9.59 Å². The van der Waals surface area contributed by atoms with Gasteiger partial charge in [0.1, 0.15) is 15.7 Å². The smallest absolute Gasteiger partial charge is 0.306 e. The Kier molecular flexibility index (Phi) is 7.04. The summed E-state index contributed by atoms with van der Waals surface area (Å²) in [6.45, 7) is 1.87. The number of pyridine rings is 1. The molecular weight excluding hydrogens is 453 g/mol. The van der Waals surface area contributed by atoms with Crippen molar-refractivity contribution in [1.82, 2.24) is 15.3 Å². The van der Waals surface area contributed by atoms with Crippen LogP contribution >= 0.6 is 22.9 Å². The Bertz CT molecular complexity index is 1090. The lowest BCUT2D eigenvalue weighted by Crippen LogP contribution is -2.25. The number of amides is 1. The first-order chi connectivity index (χ1) is 14.6. The van der Waals surface area contributed by atoms with Gasteiger partial charge in [-0.2, -0.15) is 13.2 Å². The van der Waals surface area contributed by atoms with Crippen molar-refractivity contribution in [2.45, 2.75) is 19.1 Å². The fourth-order valence-corrected chi connectivity index (χ4v) is 3.60. The number of anilines is 1. The molecule has 2 N–H and O–H groups in total. The van der Waals surface area contributed by atoms with E-state index in [1.807, 2.05) is 6.07 Å². The van der Waals surface area contributed by atoms with Crippen molar-refractivity contribution in [2.75, 3.05) is 11.9 Å². The van der Waals surface area contributed by atoms with Gasteiger partial charge in [-0.1, -0.05) is 41.9 Å². The number of halogens is 4. The number of ketones is 1. The number of Topliss-reactive ketones (excluding diaryl/α,β-unsaturated/α-hetero) is 1. The van der Waals surface area contributed by atoms with Gasteiger partial charge in [0.2, 0.25) is 0 Å². The SMILES string of the molecule is CC(NCC(=O)c1ccccc1)c1ncc(C(=O)Nc2cc(C(F)(F)F)c(Cl)cn2)s1. The number of hydrogen-bond acceptors (Lipinski definition) is 6. The molecule has 3 rings (SSSR count). The third-order valence-electron chi connectivity index (χ3n) is 4.18. The minimum atomic E-state index is -4.67. The molecule has 11 heteroatoms. The molecule has 2 heterocycles. The molecule has 0 saturated carbocycles. The fourth-order valence-electron chi connectivity index (χ4n) is 2.55. The highest BCUT2D eigenvalue weighted by atomic mass is 35.5. The lowest BCUT2D eigenvalue weighted by molar-refractivity contribution is -0.137. The van der Waals surface area contributed by atoms with Crippen molar-refractivity contribution in [3.05, 3.63) is 74.8 Å². The Morgan fingerprint density at radius 3 is 2.55 bits per heavy atom. The largest absolute Gasteiger partial charge is 0.418 e. The molecule has 0 radical (unpaired) electrons. The van der Waals surface area contributed by atoms with Crippen LogP contribution in [0.2, 0.25) is 5.02 Å². The van der Waals surface area contributed by atoms with Gasteiger partial charge in [-0.15, -0.1) is 11.3 Å². The van der Waals surface area contributed by atoms with E-state index in [9.17, 15) is 22.8 Å². The van der Waals surface area contributed by atoms with E-state index in [-0.39, 0.29) is 29.1 Å². The number of rotatable bonds is 7. The minimum Gasteiger partial charge on any atom is -0.306 e. The van der Waals surface area contributed by atoms with Crippen LogP contribution in [0.25, 0.3) is 0 Å². The highest BCUT2D eigenvalue weighted by Crippen LogP contribution is 2.35. The van der Waals surface area contributed by atoms with Crippen molar-refractivity contribution in [3.8, 4) is 0 Å². The Morgan fingerprint density at radius 1 is 1.16 bits per heavy atom. The third kappa shape index (κ3) is 5.87. The van der Waals surface area contributed by atoms with E-state index in [1.165, 1.54) is 6.20 Å². The molecule has 6 nitrogen and oxygen atoms in total. The van der Waals surface area contributed by atoms with Crippen molar-refractivity contribution in [2.24, 2.45) is 0 Å². The summed E-state index contributed by atoms with van der Waals surface area (Å²) in [5, 5.41) is 5.34. The number of aromatic nitrogens is 2. The zero-order valence-corrected chi connectivity index (χ0v) is 17.6. The van der Waals surface area contributed by atoms with Crippen LogP contribution in [0.5, 0.6) is 0 Å². The van der Waals surface area contributed by atoms with Gasteiger partial charge >= 0.3 is 6.18 Å². The van der Waals surface area contributed by atoms with E-state index < -0.39 is 22.7 Å². The number of carbonyl (C=O) groups excluding carboxylic acids is 2. The lowest BCUT2D eigenvalue weighted by Gasteiger charge is -2.11. The maximum absolute atomic E-state index is 13.0. The molecular formula is C20H16ClF3N4O2S. The van der Waals surface area contributed by atoms with E-state index in [2.05, 4.69) is 20.6 Å². The standard InChI is InChI=1S/C20H16ClF3N4O2S/c1-11(25-9-15(29)12-5-3-2-4-6-12)19-27-10-16(31-19)18(30)28-17-7-13(20(22,23)24)14(21)8-26-17/h2-8,10-11,25H,9H2,1H3,(H,26,28,30). The summed E-state index contributed by atoms with van der Waals surface area (Å²) in [7, 11) is 0. The van der Waals surface area contributed by atoms with Crippen molar-refractivity contribution >= 4 is 40.4 Å². The molecule has 0 bridgehead atoms. The maximum atomic E-state index is 13.0. The number of thiazole rings is 1. The van der Waals surface area contributed by atoms with E-state index in [0.717, 1.165) is 17.5 Å². The van der Waals surface area contributed by atoms with Crippen molar-refractivity contribution < 1.29 is 22.8 Å². The van der Waals surface area contributed by atoms with Crippen LogP contribution in [0.15, 0.2) is 48.8 Å². The van der Waals surface area contributed by atoms with Crippen LogP contribution in [0, 0.1) is 0 Å². The average molecular weight is 469 g/mol. The molecule has 162 valence electrons. The summed E-state index contributed by atoms with van der Waals surface area (Å²) in [6, 6.07) is 9.15. The number of carbonyl (C=O) groups is 2. The highest BCUT2D eigenvalue weighted by molar-refractivity contribution is 7.13. The van der Waals surface area contributed by atoms with Gasteiger partial charge < -0.3 is 10.6 Å². The normalized spacial score (nSPS) is 12.4. The molecule has 1 amide bonds. The molecule has 31 heavy (non-hydrogen) atoms. The number of nitrogens with zero attached hydrogens (tertiary/aromatic N) is 2. The molecule has 0 aliphatic rings. The van der Waals surface area contributed by atoms with Gasteiger partial charge in [-0.25, -0.2) is 9.97 Å². The van der Waals surface area contributed by atoms with Crippen LogP contribution in [0.1, 0.15) is 43.6 Å². The molecule has 0 aliphatic heterocycles. The third-order valence-corrected chi connectivity index (χ3v) is 5.66. The fraction of sp³-hybridized carbons (Fsp3) is 0.200. The van der Waals surface area contributed by atoms with Gasteiger partial charge in [0, 0.05) is 11.8 Å². The quantitative estimate of drug-likeness (QED) is 0.477. The number of alkyl halides is 3. The zero-order valence-electron chi connectivity index (χ0n) is 16.0. The van der Waals surface area contributed by atoms with Gasteiger partial charge in [-0.05, 0) is 13.0 Å². The lowest BCUT2D eigenvalue weighted by atomic mass is 10.1. The minimum absolute atomic E-state index is 0.0845. The van der Waals surface area contributed by atoms with Gasteiger partial charge in [0.05, 0.1) is 29.4 Å². The summed E-state index contributed by atoms with van der Waals surface area (Å²) in [5.74, 6) is -1.02. The number of nitrogens with one attached hydrogen (secondary N) is 2. The van der Waals surface area contributed by atoms with Crippen LogP contribution in [-0.2, 0) is 6.18 Å². The van der Waals surface area contributed by atoms with Crippen molar-refractivity contribution in [3.63, 3.8) is 0 Å². The second kappa shape index (κ2) is 9.54. The predicted molar refractivity (Wildman–Crippen MR) is 112 cm³/mol. The first kappa shape index (κ1) is 22.9. The first-order valence-electron chi connectivity index (χ1n) is 8.96. The van der Waals surface area contributed by atoms with E-state index in [1.54, 1.807) is 31.2 Å². The Balaban J connectivity index is 1.62. The maximum Gasteiger partial charge on any atom is 0.418 e. The molecule has 0 saturated heterocycles. The Labute approximate surface area is 184 Å². The molecule has 2 aromatic heterocycles.